The van der Waals surface area contributed by atoms with E-state index < -0.39 is 0 Å². The number of pyridine rings is 1. The minimum atomic E-state index is 0.388. The molecule has 0 amide bonds. The Kier molecular flexibility index (Phi) is 8.41. The van der Waals surface area contributed by atoms with Crippen molar-refractivity contribution in [3.63, 3.8) is 0 Å². The Labute approximate surface area is 177 Å². The second-order valence-corrected chi connectivity index (χ2v) is 8.01. The molecule has 1 aliphatic carbocycles. The SMILES string of the molecule is C=C/C=C\C(=C/N(C)C(C)C)c1cncc(C2=CC=C(CC=C)C(N(C)C)C2)c1. The summed E-state index contributed by atoms with van der Waals surface area (Å²) in [5.74, 6) is 0. The molecule has 1 aromatic heterocycles. The van der Waals surface area contributed by atoms with Crippen LogP contribution >= 0.6 is 0 Å². The molecular weight excluding hydrogens is 354 g/mol. The van der Waals surface area contributed by atoms with Gasteiger partial charge in [-0.3, -0.25) is 4.98 Å². The van der Waals surface area contributed by atoms with Crippen LogP contribution in [0.3, 0.4) is 0 Å². The van der Waals surface area contributed by atoms with Gasteiger partial charge in [-0.15, -0.1) is 6.58 Å². The fraction of sp³-hybridized carbons (Fsp3) is 0.346. The third kappa shape index (κ3) is 6.16. The highest BCUT2D eigenvalue weighted by Crippen LogP contribution is 2.32. The zero-order valence-corrected chi connectivity index (χ0v) is 18.6. The van der Waals surface area contributed by atoms with E-state index >= 15 is 0 Å². The molecule has 0 aromatic carbocycles. The first-order chi connectivity index (χ1) is 13.9. The summed E-state index contributed by atoms with van der Waals surface area (Å²) in [5.41, 5.74) is 6.13. The molecule has 3 nitrogen and oxygen atoms in total. The van der Waals surface area contributed by atoms with Gasteiger partial charge < -0.3 is 9.80 Å². The molecule has 1 heterocycles. The maximum atomic E-state index is 4.56. The zero-order chi connectivity index (χ0) is 21.4. The average molecular weight is 390 g/mol. The predicted octanol–water partition coefficient (Wildman–Crippen LogP) is 5.72. The van der Waals surface area contributed by atoms with Crippen LogP contribution < -0.4 is 0 Å². The van der Waals surface area contributed by atoms with Gasteiger partial charge in [0.05, 0.1) is 0 Å². The zero-order valence-electron chi connectivity index (χ0n) is 18.6. The van der Waals surface area contributed by atoms with Gasteiger partial charge >= 0.3 is 0 Å². The lowest BCUT2D eigenvalue weighted by Gasteiger charge is -2.30. The first kappa shape index (κ1) is 22.6. The summed E-state index contributed by atoms with van der Waals surface area (Å²) in [6.45, 7) is 12.1. The third-order valence-electron chi connectivity index (χ3n) is 5.35. The van der Waals surface area contributed by atoms with Crippen molar-refractivity contribution in [2.24, 2.45) is 0 Å². The Balaban J connectivity index is 2.42. The van der Waals surface area contributed by atoms with Crippen molar-refractivity contribution in [1.82, 2.24) is 14.8 Å². The lowest BCUT2D eigenvalue weighted by atomic mass is 9.87. The standard InChI is InChI=1S/C26H35N3/c1-8-10-12-23(19-29(7)20(3)4)25-15-24(17-27-18-25)22-14-13-21(11-9-2)26(16-22)28(5)6/h8-10,12-15,17-20,26H,1-2,11,16H2,3-7H3/b12-10-,23-19+. The van der Waals surface area contributed by atoms with Gasteiger partial charge in [-0.2, -0.15) is 0 Å². The van der Waals surface area contributed by atoms with Gasteiger partial charge in [0.25, 0.3) is 0 Å². The first-order valence-electron chi connectivity index (χ1n) is 10.2. The molecule has 0 spiro atoms. The fourth-order valence-electron chi connectivity index (χ4n) is 3.35. The van der Waals surface area contributed by atoms with Gasteiger partial charge in [-0.05, 0) is 69.1 Å². The van der Waals surface area contributed by atoms with E-state index in [1.165, 1.54) is 16.7 Å². The van der Waals surface area contributed by atoms with Crippen molar-refractivity contribution in [3.05, 3.63) is 91.0 Å². The highest BCUT2D eigenvalue weighted by Gasteiger charge is 2.21. The second-order valence-electron chi connectivity index (χ2n) is 8.01. The molecule has 0 fully saturated rings. The second kappa shape index (κ2) is 10.8. The van der Waals surface area contributed by atoms with Gasteiger partial charge in [0, 0.05) is 43.3 Å². The summed E-state index contributed by atoms with van der Waals surface area (Å²) in [6, 6.07) is 3.05. The van der Waals surface area contributed by atoms with Crippen LogP contribution in [0.15, 0.2) is 79.8 Å². The topological polar surface area (TPSA) is 19.4 Å². The van der Waals surface area contributed by atoms with E-state index in [2.05, 4.69) is 93.4 Å². The molecule has 0 radical (unpaired) electrons. The van der Waals surface area contributed by atoms with Crippen molar-refractivity contribution in [2.45, 2.75) is 38.8 Å². The molecule has 29 heavy (non-hydrogen) atoms. The van der Waals surface area contributed by atoms with Crippen LogP contribution in [-0.4, -0.2) is 48.0 Å². The van der Waals surface area contributed by atoms with Gasteiger partial charge in [0.1, 0.15) is 0 Å². The Morgan fingerprint density at radius 2 is 1.97 bits per heavy atom. The molecule has 1 aromatic rings. The largest absolute Gasteiger partial charge is 0.377 e. The number of hydrogen-bond acceptors (Lipinski definition) is 3. The van der Waals surface area contributed by atoms with Gasteiger partial charge in [0.15, 0.2) is 0 Å². The maximum absolute atomic E-state index is 4.56. The normalized spacial score (nSPS) is 17.5. The van der Waals surface area contributed by atoms with Gasteiger partial charge in [0.2, 0.25) is 0 Å². The van der Waals surface area contributed by atoms with E-state index in [9.17, 15) is 0 Å². The molecule has 0 aliphatic heterocycles. The van der Waals surface area contributed by atoms with Crippen LogP contribution in [0.5, 0.6) is 0 Å². The minimum Gasteiger partial charge on any atom is -0.377 e. The number of aromatic nitrogens is 1. The van der Waals surface area contributed by atoms with Crippen LogP contribution in [-0.2, 0) is 0 Å². The summed E-state index contributed by atoms with van der Waals surface area (Å²) in [4.78, 5) is 9.05. The predicted molar refractivity (Wildman–Crippen MR) is 127 cm³/mol. The average Bonchev–Trinajstić information content (AvgIpc) is 2.71. The molecule has 0 saturated heterocycles. The minimum absolute atomic E-state index is 0.388. The lowest BCUT2D eigenvalue weighted by molar-refractivity contribution is 0.330. The summed E-state index contributed by atoms with van der Waals surface area (Å²) in [6.07, 6.45) is 20.3. The van der Waals surface area contributed by atoms with Gasteiger partial charge in [-0.25, -0.2) is 0 Å². The lowest BCUT2D eigenvalue weighted by Crippen LogP contribution is -2.31. The van der Waals surface area contributed by atoms with E-state index in [1.807, 2.05) is 24.5 Å². The summed E-state index contributed by atoms with van der Waals surface area (Å²) >= 11 is 0. The van der Waals surface area contributed by atoms with Crippen LogP contribution in [0, 0.1) is 0 Å². The van der Waals surface area contributed by atoms with Crippen LogP contribution in [0.2, 0.25) is 0 Å². The molecule has 1 unspecified atom stereocenters. The van der Waals surface area contributed by atoms with E-state index in [1.54, 1.807) is 6.08 Å². The third-order valence-corrected chi connectivity index (χ3v) is 5.35. The highest BCUT2D eigenvalue weighted by molar-refractivity contribution is 5.77. The van der Waals surface area contributed by atoms with Crippen molar-refractivity contribution in [3.8, 4) is 0 Å². The van der Waals surface area contributed by atoms with E-state index in [-0.39, 0.29) is 0 Å². The Bertz CT molecular complexity index is 837. The molecule has 3 heteroatoms. The van der Waals surface area contributed by atoms with E-state index in [0.29, 0.717) is 12.1 Å². The van der Waals surface area contributed by atoms with Crippen molar-refractivity contribution in [1.29, 1.82) is 0 Å². The quantitative estimate of drug-likeness (QED) is 0.397. The number of likely N-dealkylation sites (N-methyl/N-ethyl adjacent to an activating group) is 1. The molecule has 1 aliphatic rings. The number of hydrogen-bond donors (Lipinski definition) is 0. The summed E-state index contributed by atoms with van der Waals surface area (Å²) < 4.78 is 0. The monoisotopic (exact) mass is 389 g/mol. The number of nitrogens with zero attached hydrogens (tertiary/aromatic N) is 3. The van der Waals surface area contributed by atoms with E-state index in [0.717, 1.165) is 24.0 Å². The molecular formula is C26H35N3. The highest BCUT2D eigenvalue weighted by atomic mass is 15.1. The fourth-order valence-corrected chi connectivity index (χ4v) is 3.35. The van der Waals surface area contributed by atoms with Crippen LogP contribution in [0.1, 0.15) is 37.8 Å². The number of allylic oxidation sites excluding steroid dienone is 7. The smallest absolute Gasteiger partial charge is 0.0348 e. The molecule has 0 bridgehead atoms. The van der Waals surface area contributed by atoms with Crippen molar-refractivity contribution < 1.29 is 0 Å². The van der Waals surface area contributed by atoms with Crippen LogP contribution in [0.4, 0.5) is 0 Å². The van der Waals surface area contributed by atoms with E-state index in [4.69, 9.17) is 0 Å². The number of rotatable bonds is 9. The van der Waals surface area contributed by atoms with Crippen LogP contribution in [0.25, 0.3) is 11.1 Å². The molecule has 2 rings (SSSR count). The molecule has 0 saturated carbocycles. The summed E-state index contributed by atoms with van der Waals surface area (Å²) in [7, 11) is 6.38. The maximum Gasteiger partial charge on any atom is 0.0348 e. The Hall–Kier alpha value is -2.65. The van der Waals surface area contributed by atoms with Gasteiger partial charge in [-0.1, -0.05) is 43.0 Å². The molecule has 1 atom stereocenters. The summed E-state index contributed by atoms with van der Waals surface area (Å²) in [5, 5.41) is 0. The van der Waals surface area contributed by atoms with Crippen molar-refractivity contribution >= 4 is 11.1 Å². The van der Waals surface area contributed by atoms with Crippen molar-refractivity contribution in [2.75, 3.05) is 21.1 Å². The Morgan fingerprint density at radius 1 is 1.21 bits per heavy atom. The molecule has 0 N–H and O–H groups in total. The first-order valence-corrected chi connectivity index (χ1v) is 10.2. The Morgan fingerprint density at radius 3 is 2.59 bits per heavy atom. The molecule has 154 valence electrons.